The average Bonchev–Trinajstić information content (AvgIpc) is 2.75. The lowest BCUT2D eigenvalue weighted by Crippen LogP contribution is -2.31. The van der Waals surface area contributed by atoms with Crippen LogP contribution in [-0.2, 0) is 6.54 Å². The quantitative estimate of drug-likeness (QED) is 0.738. The van der Waals surface area contributed by atoms with Gasteiger partial charge in [0, 0.05) is 18.5 Å². The molecule has 0 atom stereocenters. The van der Waals surface area contributed by atoms with E-state index in [1.807, 2.05) is 11.4 Å². The minimum atomic E-state index is 0.570. The van der Waals surface area contributed by atoms with Crippen molar-refractivity contribution < 1.29 is 0 Å². The van der Waals surface area contributed by atoms with Gasteiger partial charge in [-0.15, -0.1) is 11.3 Å². The monoisotopic (exact) mass is 311 g/mol. The first-order valence-electron chi connectivity index (χ1n) is 7.07. The van der Waals surface area contributed by atoms with Crippen LogP contribution in [0.1, 0.15) is 33.5 Å². The zero-order valence-electron chi connectivity index (χ0n) is 12.6. The van der Waals surface area contributed by atoms with Gasteiger partial charge in [-0.2, -0.15) is 0 Å². The van der Waals surface area contributed by atoms with E-state index in [0.717, 1.165) is 35.7 Å². The summed E-state index contributed by atoms with van der Waals surface area (Å²) in [5, 5.41) is 3.54. The summed E-state index contributed by atoms with van der Waals surface area (Å²) in [5.74, 6) is 2.09. The summed E-state index contributed by atoms with van der Waals surface area (Å²) in [5.41, 5.74) is 0. The van der Waals surface area contributed by atoms with Crippen molar-refractivity contribution in [3.8, 4) is 0 Å². The molecule has 0 saturated heterocycles. The molecule has 110 valence electrons. The van der Waals surface area contributed by atoms with Crippen LogP contribution in [0.3, 0.4) is 0 Å². The van der Waals surface area contributed by atoms with Gasteiger partial charge in [0.15, 0.2) is 0 Å². The number of rotatable bonds is 6. The van der Waals surface area contributed by atoms with Crippen molar-refractivity contribution in [1.82, 2.24) is 14.9 Å². The molecule has 0 amide bonds. The minimum absolute atomic E-state index is 0.570. The number of hydrogen-bond acceptors (Lipinski definition) is 4. The molecule has 0 N–H and O–H groups in total. The summed E-state index contributed by atoms with van der Waals surface area (Å²) < 4.78 is 0. The number of fused-ring (bicyclic) bond motifs is 1. The molecule has 0 aromatic carbocycles. The molecule has 20 heavy (non-hydrogen) atoms. The van der Waals surface area contributed by atoms with Crippen molar-refractivity contribution in [1.29, 1.82) is 0 Å². The number of thiophene rings is 1. The first-order valence-corrected chi connectivity index (χ1v) is 8.33. The van der Waals surface area contributed by atoms with Crippen LogP contribution in [0.4, 0.5) is 0 Å². The Kier molecular flexibility index (Phi) is 5.35. The first kappa shape index (κ1) is 15.7. The Hall–Kier alpha value is -0.710. The average molecular weight is 312 g/mol. The van der Waals surface area contributed by atoms with Crippen molar-refractivity contribution >= 4 is 33.2 Å². The van der Waals surface area contributed by atoms with E-state index in [1.54, 1.807) is 11.3 Å². The second-order valence-electron chi connectivity index (χ2n) is 6.05. The Morgan fingerprint density at radius 2 is 1.80 bits per heavy atom. The number of nitrogens with zero attached hydrogens (tertiary/aromatic N) is 3. The van der Waals surface area contributed by atoms with Crippen LogP contribution in [0.15, 0.2) is 11.4 Å². The number of hydrogen-bond donors (Lipinski definition) is 0. The molecule has 2 rings (SSSR count). The summed E-state index contributed by atoms with van der Waals surface area (Å²) in [6.45, 7) is 11.8. The molecule has 2 aromatic heterocycles. The molecule has 2 heterocycles. The zero-order chi connectivity index (χ0) is 14.7. The van der Waals surface area contributed by atoms with Gasteiger partial charge in [-0.3, -0.25) is 4.90 Å². The van der Waals surface area contributed by atoms with Crippen molar-refractivity contribution in [2.24, 2.45) is 11.8 Å². The molecule has 0 bridgehead atoms. The van der Waals surface area contributed by atoms with Gasteiger partial charge in [-0.1, -0.05) is 39.3 Å². The lowest BCUT2D eigenvalue weighted by atomic mass is 10.1. The molecule has 0 radical (unpaired) electrons. The van der Waals surface area contributed by atoms with E-state index in [9.17, 15) is 0 Å². The van der Waals surface area contributed by atoms with E-state index in [1.165, 1.54) is 0 Å². The topological polar surface area (TPSA) is 29.0 Å². The second-order valence-corrected chi connectivity index (χ2v) is 7.30. The fourth-order valence-electron chi connectivity index (χ4n) is 2.37. The van der Waals surface area contributed by atoms with Crippen LogP contribution >= 0.6 is 22.9 Å². The van der Waals surface area contributed by atoms with Gasteiger partial charge in [-0.25, -0.2) is 9.97 Å². The zero-order valence-corrected chi connectivity index (χ0v) is 14.1. The molecule has 0 aliphatic rings. The van der Waals surface area contributed by atoms with Crippen LogP contribution in [0, 0.1) is 11.8 Å². The molecule has 0 saturated carbocycles. The molecule has 0 aliphatic heterocycles. The lowest BCUT2D eigenvalue weighted by molar-refractivity contribution is 0.207. The van der Waals surface area contributed by atoms with E-state index in [4.69, 9.17) is 11.6 Å². The standard InChI is InChI=1S/C15H22ClN3S/c1-10(2)7-19(8-11(3)4)9-13-17-14(16)12-5-6-20-15(12)18-13/h5-6,10-11H,7-9H2,1-4H3. The van der Waals surface area contributed by atoms with Gasteiger partial charge in [0.05, 0.1) is 6.54 Å². The fourth-order valence-corrected chi connectivity index (χ4v) is 3.46. The molecule has 3 nitrogen and oxygen atoms in total. The van der Waals surface area contributed by atoms with Crippen molar-refractivity contribution in [3.63, 3.8) is 0 Å². The van der Waals surface area contributed by atoms with Crippen molar-refractivity contribution in [2.45, 2.75) is 34.2 Å². The van der Waals surface area contributed by atoms with Crippen molar-refractivity contribution in [3.05, 3.63) is 22.4 Å². The third-order valence-corrected chi connectivity index (χ3v) is 4.03. The van der Waals surface area contributed by atoms with Gasteiger partial charge in [0.2, 0.25) is 0 Å². The van der Waals surface area contributed by atoms with Crippen LogP contribution in [0.25, 0.3) is 10.2 Å². The fraction of sp³-hybridized carbons (Fsp3) is 0.600. The molecule has 0 fully saturated rings. The maximum Gasteiger partial charge on any atom is 0.145 e. The normalized spacial score (nSPS) is 12.2. The van der Waals surface area contributed by atoms with E-state index in [0.29, 0.717) is 17.0 Å². The Balaban J connectivity index is 2.18. The molecular formula is C15H22ClN3S. The van der Waals surface area contributed by atoms with Crippen LogP contribution in [0.5, 0.6) is 0 Å². The smallest absolute Gasteiger partial charge is 0.145 e. The van der Waals surface area contributed by atoms with Gasteiger partial charge in [-0.05, 0) is 23.3 Å². The van der Waals surface area contributed by atoms with E-state index >= 15 is 0 Å². The third-order valence-electron chi connectivity index (χ3n) is 2.94. The van der Waals surface area contributed by atoms with Gasteiger partial charge < -0.3 is 0 Å². The highest BCUT2D eigenvalue weighted by Crippen LogP contribution is 2.25. The maximum atomic E-state index is 6.24. The largest absolute Gasteiger partial charge is 0.295 e. The van der Waals surface area contributed by atoms with Gasteiger partial charge >= 0.3 is 0 Å². The summed E-state index contributed by atoms with van der Waals surface area (Å²) in [4.78, 5) is 12.5. The molecular weight excluding hydrogens is 290 g/mol. The summed E-state index contributed by atoms with van der Waals surface area (Å²) >= 11 is 7.85. The molecule has 0 spiro atoms. The molecule has 5 heteroatoms. The summed E-state index contributed by atoms with van der Waals surface area (Å²) in [7, 11) is 0. The van der Waals surface area contributed by atoms with Crippen LogP contribution in [-0.4, -0.2) is 28.0 Å². The Labute approximate surface area is 130 Å². The summed E-state index contributed by atoms with van der Waals surface area (Å²) in [6.07, 6.45) is 0. The van der Waals surface area contributed by atoms with Crippen LogP contribution in [0.2, 0.25) is 5.15 Å². The molecule has 0 unspecified atom stereocenters. The highest BCUT2D eigenvalue weighted by atomic mass is 35.5. The Morgan fingerprint density at radius 1 is 1.15 bits per heavy atom. The first-order chi connectivity index (χ1) is 9.45. The Bertz CT molecular complexity index is 555. The van der Waals surface area contributed by atoms with Gasteiger partial charge in [0.1, 0.15) is 15.8 Å². The minimum Gasteiger partial charge on any atom is -0.295 e. The highest BCUT2D eigenvalue weighted by Gasteiger charge is 2.14. The molecule has 0 aliphatic carbocycles. The van der Waals surface area contributed by atoms with Crippen molar-refractivity contribution in [2.75, 3.05) is 13.1 Å². The molecule has 2 aromatic rings. The number of aromatic nitrogens is 2. The maximum absolute atomic E-state index is 6.24. The van der Waals surface area contributed by atoms with E-state index in [2.05, 4.69) is 42.6 Å². The third kappa shape index (κ3) is 4.14. The summed E-state index contributed by atoms with van der Waals surface area (Å²) in [6, 6.07) is 1.98. The number of halogens is 1. The van der Waals surface area contributed by atoms with Crippen LogP contribution < -0.4 is 0 Å². The SMILES string of the molecule is CC(C)CN(Cc1nc(Cl)c2ccsc2n1)CC(C)C. The van der Waals surface area contributed by atoms with E-state index < -0.39 is 0 Å². The van der Waals surface area contributed by atoms with Gasteiger partial charge in [0.25, 0.3) is 0 Å². The highest BCUT2D eigenvalue weighted by molar-refractivity contribution is 7.16. The predicted octanol–water partition coefficient (Wildman–Crippen LogP) is 4.46. The Morgan fingerprint density at radius 3 is 2.40 bits per heavy atom. The van der Waals surface area contributed by atoms with E-state index in [-0.39, 0.29) is 0 Å². The predicted molar refractivity (Wildman–Crippen MR) is 87.4 cm³/mol. The second kappa shape index (κ2) is 6.83. The lowest BCUT2D eigenvalue weighted by Gasteiger charge is -2.25.